The van der Waals surface area contributed by atoms with E-state index >= 15 is 0 Å². The lowest BCUT2D eigenvalue weighted by Gasteiger charge is -2.38. The van der Waals surface area contributed by atoms with E-state index in [0.717, 1.165) is 12.5 Å². The fraction of sp³-hybridized carbons (Fsp3) is 0.900. The van der Waals surface area contributed by atoms with Crippen LogP contribution in [0, 0.1) is 11.3 Å². The molecule has 1 heterocycles. The van der Waals surface area contributed by atoms with E-state index in [0.29, 0.717) is 5.41 Å². The van der Waals surface area contributed by atoms with Crippen LogP contribution in [-0.4, -0.2) is 12.8 Å². The molecule has 0 aromatic heterocycles. The molecule has 0 aromatic rings. The Morgan fingerprint density at radius 1 is 1.33 bits per heavy atom. The lowest BCUT2D eigenvalue weighted by molar-refractivity contribution is 0.215. The van der Waals surface area contributed by atoms with Crippen molar-refractivity contribution in [2.45, 2.75) is 39.0 Å². The van der Waals surface area contributed by atoms with E-state index in [1.54, 1.807) is 0 Å². The fourth-order valence-electron chi connectivity index (χ4n) is 2.33. The number of hydrogen-bond acceptors (Lipinski definition) is 2. The summed E-state index contributed by atoms with van der Waals surface area (Å²) in [5.74, 6) is 0.943. The van der Waals surface area contributed by atoms with E-state index in [4.69, 9.17) is 0 Å². The standard InChI is InChI=1S/C10H18N2/c1-9-2-4-10(5-3-9)6-7-11-12-8-10/h8-9,11H,2-7H2,1H3. The SMILES string of the molecule is CC1CCC2(C=NNCC2)CC1. The molecule has 2 nitrogen and oxygen atoms in total. The Balaban J connectivity index is 2.01. The third-order valence-electron chi connectivity index (χ3n) is 3.43. The molecule has 0 unspecified atom stereocenters. The quantitative estimate of drug-likeness (QED) is 0.586. The van der Waals surface area contributed by atoms with Crippen LogP contribution in [0.15, 0.2) is 5.10 Å². The van der Waals surface area contributed by atoms with Crippen LogP contribution in [-0.2, 0) is 0 Å². The second kappa shape index (κ2) is 3.08. The third-order valence-corrected chi connectivity index (χ3v) is 3.43. The molecule has 1 spiro atoms. The maximum atomic E-state index is 4.20. The number of nitrogens with zero attached hydrogens (tertiary/aromatic N) is 1. The smallest absolute Gasteiger partial charge is 0.0338 e. The van der Waals surface area contributed by atoms with Crippen molar-refractivity contribution in [2.75, 3.05) is 6.54 Å². The molecule has 2 aliphatic rings. The molecule has 1 aliphatic carbocycles. The number of rotatable bonds is 0. The van der Waals surface area contributed by atoms with E-state index in [2.05, 4.69) is 23.7 Å². The van der Waals surface area contributed by atoms with E-state index in [-0.39, 0.29) is 0 Å². The number of hydrogen-bond donors (Lipinski definition) is 1. The van der Waals surface area contributed by atoms with Gasteiger partial charge in [0.15, 0.2) is 0 Å². The normalized spacial score (nSPS) is 41.2. The first-order valence-electron chi connectivity index (χ1n) is 5.08. The van der Waals surface area contributed by atoms with Crippen LogP contribution in [0.3, 0.4) is 0 Å². The van der Waals surface area contributed by atoms with Gasteiger partial charge in [0, 0.05) is 18.2 Å². The van der Waals surface area contributed by atoms with Crippen molar-refractivity contribution in [3.63, 3.8) is 0 Å². The maximum Gasteiger partial charge on any atom is 0.0338 e. The van der Waals surface area contributed by atoms with Crippen LogP contribution >= 0.6 is 0 Å². The van der Waals surface area contributed by atoms with Crippen molar-refractivity contribution in [1.29, 1.82) is 0 Å². The molecular formula is C10H18N2. The minimum absolute atomic E-state index is 0.484. The van der Waals surface area contributed by atoms with Crippen LogP contribution in [0.25, 0.3) is 0 Å². The van der Waals surface area contributed by atoms with Crippen molar-refractivity contribution in [2.24, 2.45) is 16.4 Å². The minimum atomic E-state index is 0.484. The second-order valence-electron chi connectivity index (χ2n) is 4.46. The molecule has 12 heavy (non-hydrogen) atoms. The summed E-state index contributed by atoms with van der Waals surface area (Å²) in [6.45, 7) is 3.44. The monoisotopic (exact) mass is 166 g/mol. The fourth-order valence-corrected chi connectivity index (χ4v) is 2.33. The molecule has 0 aromatic carbocycles. The molecule has 68 valence electrons. The predicted octanol–water partition coefficient (Wildman–Crippen LogP) is 2.16. The van der Waals surface area contributed by atoms with Gasteiger partial charge in [-0.25, -0.2) is 0 Å². The molecular weight excluding hydrogens is 148 g/mol. The van der Waals surface area contributed by atoms with E-state index in [1.165, 1.54) is 32.1 Å². The van der Waals surface area contributed by atoms with Gasteiger partial charge in [-0.1, -0.05) is 6.92 Å². The predicted molar refractivity (Wildman–Crippen MR) is 51.2 cm³/mol. The highest BCUT2D eigenvalue weighted by atomic mass is 15.3. The molecule has 0 amide bonds. The Hall–Kier alpha value is -0.530. The largest absolute Gasteiger partial charge is 0.310 e. The highest BCUT2D eigenvalue weighted by Gasteiger charge is 2.33. The van der Waals surface area contributed by atoms with Crippen molar-refractivity contribution < 1.29 is 0 Å². The zero-order valence-corrected chi connectivity index (χ0v) is 7.84. The van der Waals surface area contributed by atoms with Crippen LogP contribution in [0.2, 0.25) is 0 Å². The van der Waals surface area contributed by atoms with Crippen LogP contribution in [0.4, 0.5) is 0 Å². The second-order valence-corrected chi connectivity index (χ2v) is 4.46. The zero-order valence-electron chi connectivity index (χ0n) is 7.84. The lowest BCUT2D eigenvalue weighted by Crippen LogP contribution is -2.35. The summed E-state index contributed by atoms with van der Waals surface area (Å²) in [7, 11) is 0. The molecule has 1 N–H and O–H groups in total. The lowest BCUT2D eigenvalue weighted by atomic mass is 9.69. The molecule has 0 radical (unpaired) electrons. The maximum absolute atomic E-state index is 4.20. The number of nitrogens with one attached hydrogen (secondary N) is 1. The highest BCUT2D eigenvalue weighted by Crippen LogP contribution is 2.40. The summed E-state index contributed by atoms with van der Waals surface area (Å²) in [6.07, 6.45) is 8.97. The van der Waals surface area contributed by atoms with Gasteiger partial charge >= 0.3 is 0 Å². The van der Waals surface area contributed by atoms with Gasteiger partial charge in [0.2, 0.25) is 0 Å². The first-order valence-corrected chi connectivity index (χ1v) is 5.08. The van der Waals surface area contributed by atoms with Crippen LogP contribution in [0.5, 0.6) is 0 Å². The van der Waals surface area contributed by atoms with E-state index in [9.17, 15) is 0 Å². The minimum Gasteiger partial charge on any atom is -0.310 e. The summed E-state index contributed by atoms with van der Waals surface area (Å²) >= 11 is 0. The Morgan fingerprint density at radius 3 is 2.67 bits per heavy atom. The van der Waals surface area contributed by atoms with Crippen molar-refractivity contribution in [3.05, 3.63) is 0 Å². The molecule has 0 bridgehead atoms. The zero-order chi connectivity index (χ0) is 8.44. The van der Waals surface area contributed by atoms with Gasteiger partial charge in [0.25, 0.3) is 0 Å². The molecule has 0 atom stereocenters. The van der Waals surface area contributed by atoms with Crippen molar-refractivity contribution >= 4 is 6.21 Å². The highest BCUT2D eigenvalue weighted by molar-refractivity contribution is 5.66. The van der Waals surface area contributed by atoms with Gasteiger partial charge in [-0.05, 0) is 38.0 Å². The van der Waals surface area contributed by atoms with Gasteiger partial charge in [-0.15, -0.1) is 0 Å². The summed E-state index contributed by atoms with van der Waals surface area (Å²) in [4.78, 5) is 0. The van der Waals surface area contributed by atoms with Crippen molar-refractivity contribution in [1.82, 2.24) is 5.43 Å². The molecule has 1 saturated carbocycles. The van der Waals surface area contributed by atoms with Gasteiger partial charge in [-0.2, -0.15) is 5.10 Å². The van der Waals surface area contributed by atoms with Gasteiger partial charge in [0.1, 0.15) is 0 Å². The Morgan fingerprint density at radius 2 is 2.08 bits per heavy atom. The summed E-state index contributed by atoms with van der Waals surface area (Å²) < 4.78 is 0. The Labute approximate surface area is 74.4 Å². The first kappa shape index (κ1) is 8.09. The molecule has 1 aliphatic heterocycles. The Kier molecular flexibility index (Phi) is 2.07. The first-order chi connectivity index (χ1) is 5.81. The van der Waals surface area contributed by atoms with E-state index in [1.807, 2.05) is 0 Å². The average molecular weight is 166 g/mol. The topological polar surface area (TPSA) is 24.4 Å². The molecule has 0 saturated heterocycles. The average Bonchev–Trinajstić information content (AvgIpc) is 2.13. The third kappa shape index (κ3) is 1.47. The Bertz CT molecular complexity index is 178. The van der Waals surface area contributed by atoms with Gasteiger partial charge in [0.05, 0.1) is 0 Å². The molecule has 2 heteroatoms. The molecule has 2 rings (SSSR count). The van der Waals surface area contributed by atoms with Crippen LogP contribution < -0.4 is 5.43 Å². The van der Waals surface area contributed by atoms with Gasteiger partial charge < -0.3 is 5.43 Å². The van der Waals surface area contributed by atoms with Gasteiger partial charge in [-0.3, -0.25) is 0 Å². The van der Waals surface area contributed by atoms with Crippen molar-refractivity contribution in [3.8, 4) is 0 Å². The van der Waals surface area contributed by atoms with E-state index < -0.39 is 0 Å². The van der Waals surface area contributed by atoms with Crippen LogP contribution in [0.1, 0.15) is 39.0 Å². The summed E-state index contributed by atoms with van der Waals surface area (Å²) in [6, 6.07) is 0. The summed E-state index contributed by atoms with van der Waals surface area (Å²) in [5.41, 5.74) is 3.52. The summed E-state index contributed by atoms with van der Waals surface area (Å²) in [5, 5.41) is 4.20. The molecule has 1 fully saturated rings. The number of hydrazone groups is 1.